The summed E-state index contributed by atoms with van der Waals surface area (Å²) in [5.74, 6) is -2.87. The van der Waals surface area contributed by atoms with Gasteiger partial charge >= 0.3 is 0 Å². The van der Waals surface area contributed by atoms with Crippen molar-refractivity contribution in [2.45, 2.75) is 50.2 Å². The molecule has 0 bridgehead atoms. The highest BCUT2D eigenvalue weighted by molar-refractivity contribution is 7.89. The van der Waals surface area contributed by atoms with Crippen molar-refractivity contribution in [2.24, 2.45) is 0 Å². The van der Waals surface area contributed by atoms with Crippen molar-refractivity contribution in [2.75, 3.05) is 23.7 Å². The molecule has 10 nitrogen and oxygen atoms in total. The van der Waals surface area contributed by atoms with E-state index >= 15 is 0 Å². The Morgan fingerprint density at radius 1 is 0.933 bits per heavy atom. The number of amides is 2. The maximum atomic E-state index is 13.9. The van der Waals surface area contributed by atoms with E-state index in [1.807, 2.05) is 18.2 Å². The Morgan fingerprint density at radius 3 is 2.38 bits per heavy atom. The van der Waals surface area contributed by atoms with Gasteiger partial charge in [-0.1, -0.05) is 24.3 Å². The van der Waals surface area contributed by atoms with Gasteiger partial charge in [0.05, 0.1) is 27.4 Å². The first-order valence-electron chi connectivity index (χ1n) is 14.5. The third-order valence-corrected chi connectivity index (χ3v) is 10.3. The van der Waals surface area contributed by atoms with Crippen LogP contribution in [0.3, 0.4) is 0 Å². The summed E-state index contributed by atoms with van der Waals surface area (Å²) in [6.07, 6.45) is 2.34. The molecule has 3 N–H and O–H groups in total. The highest BCUT2D eigenvalue weighted by Crippen LogP contribution is 2.44. The second kappa shape index (κ2) is 11.8. The second-order valence-electron chi connectivity index (χ2n) is 11.7. The molecule has 45 heavy (non-hydrogen) atoms. The third kappa shape index (κ3) is 5.98. The highest BCUT2D eigenvalue weighted by atomic mass is 32.2. The van der Waals surface area contributed by atoms with Gasteiger partial charge in [0.15, 0.2) is 5.82 Å². The zero-order valence-electron chi connectivity index (χ0n) is 24.7. The maximum Gasteiger partial charge on any atom is 0.258 e. The lowest BCUT2D eigenvalue weighted by molar-refractivity contribution is 0.102. The number of hydrogen-bond donors (Lipinski definition) is 3. The first kappa shape index (κ1) is 30.6. The number of para-hydroxylation sites is 1. The SMILES string of the molecule is CC1(C)c2[nH]nc(NC(=O)c3ccccc3NC(=O)c3cccc(CN4CCCC4)c3)c2CN1S(=O)(=O)c1cc(F)cc(F)c1. The smallest absolute Gasteiger partial charge is 0.258 e. The molecule has 234 valence electrons. The van der Waals surface area contributed by atoms with Gasteiger partial charge in [0, 0.05) is 30.3 Å². The molecule has 3 heterocycles. The lowest BCUT2D eigenvalue weighted by Crippen LogP contribution is -2.40. The van der Waals surface area contributed by atoms with E-state index in [4.69, 9.17) is 0 Å². The fraction of sp³-hybridized carbons (Fsp3) is 0.281. The third-order valence-electron chi connectivity index (χ3n) is 8.27. The number of benzene rings is 3. The molecule has 2 aliphatic rings. The Labute approximate surface area is 259 Å². The van der Waals surface area contributed by atoms with Crippen LogP contribution < -0.4 is 10.6 Å². The summed E-state index contributed by atoms with van der Waals surface area (Å²) in [6.45, 7) is 5.89. The minimum absolute atomic E-state index is 0.0990. The lowest BCUT2D eigenvalue weighted by atomic mass is 10.0. The van der Waals surface area contributed by atoms with Gasteiger partial charge in [-0.15, -0.1) is 0 Å². The number of carbonyl (C=O) groups is 2. The molecule has 0 radical (unpaired) electrons. The molecule has 4 aromatic rings. The molecule has 0 spiro atoms. The molecule has 0 aliphatic carbocycles. The normalized spacial score (nSPS) is 16.4. The van der Waals surface area contributed by atoms with E-state index < -0.39 is 38.0 Å². The summed E-state index contributed by atoms with van der Waals surface area (Å²) in [5.41, 5.74) is 1.61. The van der Waals surface area contributed by atoms with Gasteiger partial charge < -0.3 is 10.6 Å². The van der Waals surface area contributed by atoms with Gasteiger partial charge in [0.1, 0.15) is 11.6 Å². The first-order chi connectivity index (χ1) is 21.4. The average molecular weight is 635 g/mol. The molecule has 0 saturated carbocycles. The van der Waals surface area contributed by atoms with E-state index in [-0.39, 0.29) is 29.5 Å². The van der Waals surface area contributed by atoms with Gasteiger partial charge in [0.25, 0.3) is 11.8 Å². The van der Waals surface area contributed by atoms with E-state index in [1.165, 1.54) is 12.8 Å². The summed E-state index contributed by atoms with van der Waals surface area (Å²) in [5, 5.41) is 12.6. The zero-order chi connectivity index (χ0) is 31.9. The molecule has 1 aromatic heterocycles. The Hall–Kier alpha value is -4.46. The van der Waals surface area contributed by atoms with Crippen LogP contribution in [0, 0.1) is 11.6 Å². The van der Waals surface area contributed by atoms with E-state index in [1.54, 1.807) is 44.2 Å². The Balaban J connectivity index is 1.20. The largest absolute Gasteiger partial charge is 0.321 e. The number of fused-ring (bicyclic) bond motifs is 1. The van der Waals surface area contributed by atoms with Crippen LogP contribution >= 0.6 is 0 Å². The van der Waals surface area contributed by atoms with E-state index in [9.17, 15) is 26.8 Å². The number of likely N-dealkylation sites (tertiary alicyclic amines) is 1. The number of hydrogen-bond acceptors (Lipinski definition) is 6. The highest BCUT2D eigenvalue weighted by Gasteiger charge is 2.48. The van der Waals surface area contributed by atoms with Crippen molar-refractivity contribution >= 4 is 33.3 Å². The number of halogens is 2. The Morgan fingerprint density at radius 2 is 1.64 bits per heavy atom. The van der Waals surface area contributed by atoms with Gasteiger partial charge in [-0.2, -0.15) is 9.40 Å². The monoisotopic (exact) mass is 634 g/mol. The van der Waals surface area contributed by atoms with Crippen molar-refractivity contribution in [3.8, 4) is 0 Å². The molecule has 0 unspecified atom stereocenters. The standard InChI is InChI=1S/C32H32F2N6O4S/c1-32(2)28-26(19-40(32)45(43,44)24-16-22(33)15-23(34)17-24)29(38-37-28)36-31(42)25-10-3-4-11-27(25)35-30(41)21-9-7-8-20(14-21)18-39-12-5-6-13-39/h3-4,7-11,14-17H,5-6,12-13,18-19H2,1-2H3,(H,35,41)(H2,36,37,38,42). The van der Waals surface area contributed by atoms with Crippen molar-refractivity contribution in [3.05, 3.63) is 106 Å². The lowest BCUT2D eigenvalue weighted by Gasteiger charge is -2.30. The Bertz CT molecular complexity index is 1880. The number of nitrogens with one attached hydrogen (secondary N) is 3. The molecule has 2 amide bonds. The number of rotatable bonds is 8. The topological polar surface area (TPSA) is 127 Å². The fourth-order valence-corrected chi connectivity index (χ4v) is 7.72. The van der Waals surface area contributed by atoms with Crippen LogP contribution in [0.25, 0.3) is 0 Å². The number of carbonyl (C=O) groups excluding carboxylic acids is 2. The van der Waals surface area contributed by atoms with E-state index in [0.29, 0.717) is 22.9 Å². The van der Waals surface area contributed by atoms with Gasteiger partial charge in [-0.05, 0) is 81.7 Å². The summed E-state index contributed by atoms with van der Waals surface area (Å²) < 4.78 is 55.8. The summed E-state index contributed by atoms with van der Waals surface area (Å²) in [6, 6.07) is 16.0. The molecular weight excluding hydrogens is 602 g/mol. The molecule has 2 aliphatic heterocycles. The van der Waals surface area contributed by atoms with Gasteiger partial charge in [-0.3, -0.25) is 19.6 Å². The van der Waals surface area contributed by atoms with Crippen LogP contribution in [0.5, 0.6) is 0 Å². The van der Waals surface area contributed by atoms with Crippen molar-refractivity contribution in [1.29, 1.82) is 0 Å². The van der Waals surface area contributed by atoms with Gasteiger partial charge in [0.2, 0.25) is 10.0 Å². The van der Waals surface area contributed by atoms with Crippen LogP contribution in [0.1, 0.15) is 64.2 Å². The molecular formula is C32H32F2N6O4S. The number of aromatic nitrogens is 2. The number of H-pyrrole nitrogens is 1. The fourth-order valence-electron chi connectivity index (χ4n) is 5.95. The minimum Gasteiger partial charge on any atom is -0.321 e. The van der Waals surface area contributed by atoms with Crippen LogP contribution in [0.2, 0.25) is 0 Å². The van der Waals surface area contributed by atoms with Crippen LogP contribution in [0.15, 0.2) is 71.6 Å². The summed E-state index contributed by atoms with van der Waals surface area (Å²) in [7, 11) is -4.34. The first-order valence-corrected chi connectivity index (χ1v) is 16.0. The zero-order valence-corrected chi connectivity index (χ0v) is 25.5. The second-order valence-corrected chi connectivity index (χ2v) is 13.6. The number of sulfonamides is 1. The number of nitrogens with zero attached hydrogens (tertiary/aromatic N) is 3. The van der Waals surface area contributed by atoms with Crippen LogP contribution in [-0.4, -0.2) is 52.7 Å². The molecule has 6 rings (SSSR count). The van der Waals surface area contributed by atoms with Crippen LogP contribution in [0.4, 0.5) is 20.3 Å². The predicted molar refractivity (Wildman–Crippen MR) is 164 cm³/mol. The maximum absolute atomic E-state index is 13.9. The van der Waals surface area contributed by atoms with Gasteiger partial charge in [-0.25, -0.2) is 17.2 Å². The Kier molecular flexibility index (Phi) is 8.02. The molecule has 13 heteroatoms. The van der Waals surface area contributed by atoms with E-state index in [2.05, 4.69) is 25.7 Å². The van der Waals surface area contributed by atoms with Crippen molar-refractivity contribution in [3.63, 3.8) is 0 Å². The van der Waals surface area contributed by atoms with Crippen molar-refractivity contribution in [1.82, 2.24) is 19.4 Å². The van der Waals surface area contributed by atoms with Crippen LogP contribution in [-0.2, 0) is 28.7 Å². The molecule has 0 atom stereocenters. The summed E-state index contributed by atoms with van der Waals surface area (Å²) >= 11 is 0. The minimum atomic E-state index is -4.34. The van der Waals surface area contributed by atoms with E-state index in [0.717, 1.165) is 41.6 Å². The number of aromatic amines is 1. The predicted octanol–water partition coefficient (Wildman–Crippen LogP) is 5.23. The van der Waals surface area contributed by atoms with Crippen molar-refractivity contribution < 1.29 is 26.8 Å². The molecule has 1 saturated heterocycles. The summed E-state index contributed by atoms with van der Waals surface area (Å²) in [4.78, 5) is 28.5. The quantitative estimate of drug-likeness (QED) is 0.244. The average Bonchev–Trinajstić information content (AvgIpc) is 3.71. The number of anilines is 2. The molecule has 1 fully saturated rings. The molecule has 3 aromatic carbocycles.